The van der Waals surface area contributed by atoms with E-state index in [-0.39, 0.29) is 5.78 Å². The molecule has 0 radical (unpaired) electrons. The first-order chi connectivity index (χ1) is 7.63. The van der Waals surface area contributed by atoms with Crippen LogP contribution in [-0.2, 0) is 0 Å². The average Bonchev–Trinajstić information content (AvgIpc) is 2.85. The van der Waals surface area contributed by atoms with Crippen molar-refractivity contribution in [3.05, 3.63) is 36.6 Å². The van der Waals surface area contributed by atoms with Gasteiger partial charge >= 0.3 is 0 Å². The first kappa shape index (κ1) is 11.8. The Morgan fingerprint density at radius 3 is 2.81 bits per heavy atom. The molecule has 0 spiro atoms. The lowest BCUT2D eigenvalue weighted by Gasteiger charge is -1.99. The van der Waals surface area contributed by atoms with Crippen molar-refractivity contribution in [2.75, 3.05) is 7.11 Å². The first-order valence-corrected chi connectivity index (χ1v) is 7.04. The number of ketones is 1. The largest absolute Gasteiger partial charge is 0.495 e. The van der Waals surface area contributed by atoms with E-state index in [1.807, 2.05) is 24.4 Å². The highest BCUT2D eigenvalue weighted by Crippen LogP contribution is 2.32. The van der Waals surface area contributed by atoms with Crippen LogP contribution in [0.25, 0.3) is 0 Å². The van der Waals surface area contributed by atoms with Crippen LogP contribution in [-0.4, -0.2) is 12.9 Å². The van der Waals surface area contributed by atoms with Gasteiger partial charge in [0.25, 0.3) is 0 Å². The maximum atomic E-state index is 12.2. The number of hydrogen-bond donors (Lipinski definition) is 0. The topological polar surface area (TPSA) is 26.3 Å². The standard InChI is InChI=1S/C11H9BrO2S2/c1-6-7(12)5-9(16-6)10(13)11-8(14-2)3-4-15-11/h3-5H,1-2H3. The molecule has 0 aliphatic carbocycles. The Labute approximate surface area is 110 Å². The van der Waals surface area contributed by atoms with Gasteiger partial charge in [0.2, 0.25) is 5.78 Å². The van der Waals surface area contributed by atoms with Gasteiger partial charge in [-0.05, 0) is 40.4 Å². The van der Waals surface area contributed by atoms with E-state index in [0.717, 1.165) is 14.2 Å². The van der Waals surface area contributed by atoms with E-state index in [4.69, 9.17) is 4.74 Å². The fourth-order valence-electron chi connectivity index (χ4n) is 1.31. The molecule has 0 N–H and O–H groups in total. The summed E-state index contributed by atoms with van der Waals surface area (Å²) in [6.07, 6.45) is 0. The monoisotopic (exact) mass is 316 g/mol. The minimum absolute atomic E-state index is 0.0330. The van der Waals surface area contributed by atoms with Crippen LogP contribution in [0.1, 0.15) is 19.4 Å². The van der Waals surface area contributed by atoms with Crippen LogP contribution in [0.2, 0.25) is 0 Å². The van der Waals surface area contributed by atoms with Gasteiger partial charge in [-0.15, -0.1) is 22.7 Å². The van der Waals surface area contributed by atoms with Crippen molar-refractivity contribution in [2.45, 2.75) is 6.92 Å². The molecule has 2 aromatic rings. The summed E-state index contributed by atoms with van der Waals surface area (Å²) in [6, 6.07) is 3.68. The van der Waals surface area contributed by atoms with Crippen molar-refractivity contribution in [2.24, 2.45) is 0 Å². The van der Waals surface area contributed by atoms with Crippen molar-refractivity contribution in [3.63, 3.8) is 0 Å². The van der Waals surface area contributed by atoms with Gasteiger partial charge in [-0.2, -0.15) is 0 Å². The third-order valence-electron chi connectivity index (χ3n) is 2.14. The van der Waals surface area contributed by atoms with E-state index in [0.29, 0.717) is 10.6 Å². The van der Waals surface area contributed by atoms with Crippen LogP contribution in [0.3, 0.4) is 0 Å². The summed E-state index contributed by atoms with van der Waals surface area (Å²) in [5.41, 5.74) is 0. The Kier molecular flexibility index (Phi) is 3.47. The third kappa shape index (κ3) is 2.07. The van der Waals surface area contributed by atoms with Gasteiger partial charge in [0, 0.05) is 9.35 Å². The number of halogens is 1. The summed E-state index contributed by atoms with van der Waals surface area (Å²) >= 11 is 6.32. The van der Waals surface area contributed by atoms with Crippen LogP contribution in [0, 0.1) is 6.92 Å². The average molecular weight is 317 g/mol. The van der Waals surface area contributed by atoms with Gasteiger partial charge < -0.3 is 4.74 Å². The predicted molar refractivity (Wildman–Crippen MR) is 71.1 cm³/mol. The Hall–Kier alpha value is -0.650. The van der Waals surface area contributed by atoms with Crippen molar-refractivity contribution in [3.8, 4) is 5.75 Å². The molecule has 0 bridgehead atoms. The smallest absolute Gasteiger partial charge is 0.216 e. The molecule has 0 amide bonds. The normalized spacial score (nSPS) is 10.4. The number of carbonyl (C=O) groups is 1. The summed E-state index contributed by atoms with van der Waals surface area (Å²) < 4.78 is 6.13. The summed E-state index contributed by atoms with van der Waals surface area (Å²) in [5.74, 6) is 0.683. The van der Waals surface area contributed by atoms with Crippen LogP contribution in [0.4, 0.5) is 0 Å². The highest BCUT2D eigenvalue weighted by Gasteiger charge is 2.18. The molecule has 0 unspecified atom stereocenters. The van der Waals surface area contributed by atoms with E-state index in [9.17, 15) is 4.79 Å². The summed E-state index contributed by atoms with van der Waals surface area (Å²) in [4.78, 5) is 14.7. The number of carbonyl (C=O) groups excluding carboxylic acids is 1. The second-order valence-corrected chi connectivity index (χ2v) is 6.19. The van der Waals surface area contributed by atoms with Crippen molar-refractivity contribution >= 4 is 44.4 Å². The van der Waals surface area contributed by atoms with Crippen LogP contribution < -0.4 is 4.74 Å². The molecule has 0 saturated carbocycles. The van der Waals surface area contributed by atoms with Gasteiger partial charge in [-0.25, -0.2) is 0 Å². The fraction of sp³-hybridized carbons (Fsp3) is 0.182. The lowest BCUT2D eigenvalue weighted by molar-refractivity contribution is 0.104. The number of thiophene rings is 2. The van der Waals surface area contributed by atoms with Gasteiger partial charge in [0.1, 0.15) is 10.6 Å². The molecular weight excluding hydrogens is 308 g/mol. The quantitative estimate of drug-likeness (QED) is 0.796. The van der Waals surface area contributed by atoms with E-state index in [1.54, 1.807) is 7.11 Å². The maximum absolute atomic E-state index is 12.2. The van der Waals surface area contributed by atoms with E-state index < -0.39 is 0 Å². The highest BCUT2D eigenvalue weighted by molar-refractivity contribution is 9.10. The highest BCUT2D eigenvalue weighted by atomic mass is 79.9. The summed E-state index contributed by atoms with van der Waals surface area (Å²) in [6.45, 7) is 1.98. The van der Waals surface area contributed by atoms with Crippen molar-refractivity contribution in [1.29, 1.82) is 0 Å². The zero-order valence-corrected chi connectivity index (χ0v) is 12.0. The molecule has 0 aliphatic rings. The van der Waals surface area contributed by atoms with Gasteiger partial charge in [-0.3, -0.25) is 4.79 Å². The maximum Gasteiger partial charge on any atom is 0.216 e. The molecule has 0 atom stereocenters. The molecule has 2 heterocycles. The molecule has 0 aliphatic heterocycles. The number of rotatable bonds is 3. The number of hydrogen-bond acceptors (Lipinski definition) is 4. The second kappa shape index (κ2) is 4.69. The number of methoxy groups -OCH3 is 1. The summed E-state index contributed by atoms with van der Waals surface area (Å²) in [5, 5.41) is 1.86. The molecule has 16 heavy (non-hydrogen) atoms. The minimum atomic E-state index is 0.0330. The molecule has 0 saturated heterocycles. The Morgan fingerprint density at radius 2 is 2.25 bits per heavy atom. The molecule has 0 aromatic carbocycles. The first-order valence-electron chi connectivity index (χ1n) is 4.55. The summed E-state index contributed by atoms with van der Waals surface area (Å²) in [7, 11) is 1.58. The molecule has 2 rings (SSSR count). The Bertz CT molecular complexity index is 508. The number of ether oxygens (including phenoxy) is 1. The Balaban J connectivity index is 2.39. The van der Waals surface area contributed by atoms with E-state index >= 15 is 0 Å². The molecule has 5 heteroatoms. The van der Waals surface area contributed by atoms with Gasteiger partial charge in [0.15, 0.2) is 0 Å². The zero-order chi connectivity index (χ0) is 11.7. The lowest BCUT2D eigenvalue weighted by Crippen LogP contribution is -1.97. The molecule has 84 valence electrons. The molecule has 2 nitrogen and oxygen atoms in total. The Morgan fingerprint density at radius 1 is 1.50 bits per heavy atom. The fourth-order valence-corrected chi connectivity index (χ4v) is 3.67. The molecule has 2 aromatic heterocycles. The lowest BCUT2D eigenvalue weighted by atomic mass is 10.2. The molecular formula is C11H9BrO2S2. The zero-order valence-electron chi connectivity index (χ0n) is 8.74. The minimum Gasteiger partial charge on any atom is -0.495 e. The van der Waals surface area contributed by atoms with Crippen LogP contribution >= 0.6 is 38.6 Å². The molecule has 0 fully saturated rings. The van der Waals surface area contributed by atoms with Gasteiger partial charge in [0.05, 0.1) is 12.0 Å². The predicted octanol–water partition coefficient (Wildman–Crippen LogP) is 4.12. The van der Waals surface area contributed by atoms with Crippen molar-refractivity contribution in [1.82, 2.24) is 0 Å². The third-order valence-corrected chi connectivity index (χ3v) is 5.17. The van der Waals surface area contributed by atoms with E-state index in [2.05, 4.69) is 15.9 Å². The van der Waals surface area contributed by atoms with Crippen LogP contribution in [0.5, 0.6) is 5.75 Å². The number of aryl methyl sites for hydroxylation is 1. The van der Waals surface area contributed by atoms with Crippen molar-refractivity contribution < 1.29 is 9.53 Å². The van der Waals surface area contributed by atoms with E-state index in [1.165, 1.54) is 22.7 Å². The van der Waals surface area contributed by atoms with Gasteiger partial charge in [-0.1, -0.05) is 0 Å². The van der Waals surface area contributed by atoms with Crippen LogP contribution in [0.15, 0.2) is 22.0 Å². The second-order valence-electron chi connectivity index (χ2n) is 3.16. The SMILES string of the molecule is COc1ccsc1C(=O)c1cc(Br)c(C)s1.